The highest BCUT2D eigenvalue weighted by Crippen LogP contribution is 2.25. The summed E-state index contributed by atoms with van der Waals surface area (Å²) < 4.78 is 7.61. The van der Waals surface area contributed by atoms with E-state index in [1.807, 2.05) is 7.05 Å². The van der Waals surface area contributed by atoms with Gasteiger partial charge in [-0.25, -0.2) is 0 Å². The Labute approximate surface area is 110 Å². The first-order valence-electron chi connectivity index (χ1n) is 6.96. The zero-order chi connectivity index (χ0) is 13.1. The van der Waals surface area contributed by atoms with Crippen molar-refractivity contribution in [2.75, 3.05) is 20.3 Å². The molecule has 102 valence electrons. The Morgan fingerprint density at radius 1 is 1.50 bits per heavy atom. The lowest BCUT2D eigenvalue weighted by Gasteiger charge is -2.15. The minimum Gasteiger partial charge on any atom is -0.381 e. The molecule has 0 aliphatic carbocycles. The van der Waals surface area contributed by atoms with Crippen LogP contribution in [0.1, 0.15) is 42.8 Å². The zero-order valence-electron chi connectivity index (χ0n) is 12.0. The maximum Gasteiger partial charge on any atom is 0.0644 e. The number of aromatic nitrogens is 2. The Balaban J connectivity index is 2.19. The molecule has 2 atom stereocenters. The lowest BCUT2D eigenvalue weighted by molar-refractivity contribution is 0.181. The number of aryl methyl sites for hydroxylation is 1. The Morgan fingerprint density at radius 3 is 2.83 bits per heavy atom. The van der Waals surface area contributed by atoms with Crippen LogP contribution in [0.3, 0.4) is 0 Å². The Kier molecular flexibility index (Phi) is 4.40. The van der Waals surface area contributed by atoms with Gasteiger partial charge in [0.15, 0.2) is 0 Å². The summed E-state index contributed by atoms with van der Waals surface area (Å²) in [6.45, 7) is 9.30. The topological polar surface area (TPSA) is 39.1 Å². The molecule has 1 aliphatic heterocycles. The van der Waals surface area contributed by atoms with Gasteiger partial charge in [0, 0.05) is 36.4 Å². The van der Waals surface area contributed by atoms with Crippen molar-refractivity contribution < 1.29 is 4.74 Å². The molecule has 4 nitrogen and oxygen atoms in total. The van der Waals surface area contributed by atoms with Crippen LogP contribution in [0.25, 0.3) is 0 Å². The summed E-state index contributed by atoms with van der Waals surface area (Å²) in [4.78, 5) is 0. The average Bonchev–Trinajstić information content (AvgIpc) is 2.94. The van der Waals surface area contributed by atoms with E-state index >= 15 is 0 Å². The van der Waals surface area contributed by atoms with E-state index < -0.39 is 0 Å². The third-order valence-corrected chi connectivity index (χ3v) is 4.00. The summed E-state index contributed by atoms with van der Waals surface area (Å²) in [5.74, 6) is 0.630. The van der Waals surface area contributed by atoms with Crippen LogP contribution in [-0.4, -0.2) is 30.0 Å². The monoisotopic (exact) mass is 251 g/mol. The van der Waals surface area contributed by atoms with Crippen LogP contribution in [0, 0.1) is 19.8 Å². The molecular weight excluding hydrogens is 226 g/mol. The predicted octanol–water partition coefficient (Wildman–Crippen LogP) is 2.21. The van der Waals surface area contributed by atoms with Crippen molar-refractivity contribution in [3.05, 3.63) is 17.0 Å². The van der Waals surface area contributed by atoms with Gasteiger partial charge < -0.3 is 10.1 Å². The van der Waals surface area contributed by atoms with Crippen LogP contribution >= 0.6 is 0 Å². The second-order valence-electron chi connectivity index (χ2n) is 5.25. The summed E-state index contributed by atoms with van der Waals surface area (Å²) >= 11 is 0. The predicted molar refractivity (Wildman–Crippen MR) is 72.7 cm³/mol. The standard InChI is InChI=1S/C14H25N3O/c1-5-13(15-4)14-10(2)16-17(11(14)3)8-12-6-7-18-9-12/h12-13,15H,5-9H2,1-4H3. The molecule has 0 aromatic carbocycles. The van der Waals surface area contributed by atoms with Gasteiger partial charge in [-0.15, -0.1) is 0 Å². The van der Waals surface area contributed by atoms with Crippen molar-refractivity contribution in [2.45, 2.75) is 46.2 Å². The maximum atomic E-state index is 5.44. The van der Waals surface area contributed by atoms with Gasteiger partial charge in [-0.1, -0.05) is 6.92 Å². The fraction of sp³-hybridized carbons (Fsp3) is 0.786. The van der Waals surface area contributed by atoms with E-state index in [0.717, 1.165) is 38.3 Å². The van der Waals surface area contributed by atoms with Crippen LogP contribution in [0.15, 0.2) is 0 Å². The molecule has 1 saturated heterocycles. The number of nitrogens with zero attached hydrogens (tertiary/aromatic N) is 2. The smallest absolute Gasteiger partial charge is 0.0644 e. The number of hydrogen-bond donors (Lipinski definition) is 1. The van der Waals surface area contributed by atoms with E-state index in [9.17, 15) is 0 Å². The van der Waals surface area contributed by atoms with E-state index in [-0.39, 0.29) is 0 Å². The molecule has 2 heterocycles. The summed E-state index contributed by atoms with van der Waals surface area (Å²) in [6, 6.07) is 0.415. The first-order valence-corrected chi connectivity index (χ1v) is 6.96. The third-order valence-electron chi connectivity index (χ3n) is 4.00. The fourth-order valence-corrected chi connectivity index (χ4v) is 2.92. The minimum atomic E-state index is 0.415. The van der Waals surface area contributed by atoms with Crippen LogP contribution < -0.4 is 5.32 Å². The molecule has 0 amide bonds. The van der Waals surface area contributed by atoms with Crippen LogP contribution in [0.5, 0.6) is 0 Å². The molecule has 1 N–H and O–H groups in total. The second kappa shape index (κ2) is 5.85. The first-order chi connectivity index (χ1) is 8.67. The van der Waals surface area contributed by atoms with Gasteiger partial charge in [-0.2, -0.15) is 5.10 Å². The third kappa shape index (κ3) is 2.59. The van der Waals surface area contributed by atoms with Crippen molar-refractivity contribution >= 4 is 0 Å². The van der Waals surface area contributed by atoms with E-state index in [0.29, 0.717) is 12.0 Å². The van der Waals surface area contributed by atoms with Gasteiger partial charge in [-0.05, 0) is 33.7 Å². The van der Waals surface area contributed by atoms with Crippen molar-refractivity contribution in [2.24, 2.45) is 5.92 Å². The van der Waals surface area contributed by atoms with Gasteiger partial charge >= 0.3 is 0 Å². The molecule has 1 fully saturated rings. The van der Waals surface area contributed by atoms with E-state index in [2.05, 4.69) is 30.8 Å². The van der Waals surface area contributed by atoms with E-state index in [1.54, 1.807) is 0 Å². The highest BCUT2D eigenvalue weighted by atomic mass is 16.5. The molecule has 18 heavy (non-hydrogen) atoms. The normalized spacial score (nSPS) is 21.4. The molecule has 2 unspecified atom stereocenters. The summed E-state index contributed by atoms with van der Waals surface area (Å²) in [5, 5.41) is 8.09. The lowest BCUT2D eigenvalue weighted by Crippen LogP contribution is -2.17. The van der Waals surface area contributed by atoms with Crippen molar-refractivity contribution in [1.29, 1.82) is 0 Å². The van der Waals surface area contributed by atoms with E-state index in [4.69, 9.17) is 9.84 Å². The van der Waals surface area contributed by atoms with Gasteiger partial charge in [0.1, 0.15) is 0 Å². The molecular formula is C14H25N3O. The Morgan fingerprint density at radius 2 is 2.28 bits per heavy atom. The molecule has 4 heteroatoms. The maximum absolute atomic E-state index is 5.44. The van der Waals surface area contributed by atoms with Crippen molar-refractivity contribution in [1.82, 2.24) is 15.1 Å². The SMILES string of the molecule is CCC(NC)c1c(C)nn(CC2CCOC2)c1C. The number of hydrogen-bond acceptors (Lipinski definition) is 3. The van der Waals surface area contributed by atoms with Crippen molar-refractivity contribution in [3.8, 4) is 0 Å². The molecule has 0 saturated carbocycles. The molecule has 1 aromatic heterocycles. The van der Waals surface area contributed by atoms with Gasteiger partial charge in [0.2, 0.25) is 0 Å². The largest absolute Gasteiger partial charge is 0.381 e. The van der Waals surface area contributed by atoms with Gasteiger partial charge in [0.05, 0.1) is 12.3 Å². The molecule has 1 aliphatic rings. The molecule has 0 spiro atoms. The Bertz CT molecular complexity index is 390. The van der Waals surface area contributed by atoms with Gasteiger partial charge in [0.25, 0.3) is 0 Å². The molecule has 1 aromatic rings. The summed E-state index contributed by atoms with van der Waals surface area (Å²) in [5.41, 5.74) is 3.84. The molecule has 0 bridgehead atoms. The fourth-order valence-electron chi connectivity index (χ4n) is 2.92. The molecule has 0 radical (unpaired) electrons. The van der Waals surface area contributed by atoms with Crippen LogP contribution in [0.4, 0.5) is 0 Å². The highest BCUT2D eigenvalue weighted by Gasteiger charge is 2.22. The zero-order valence-corrected chi connectivity index (χ0v) is 12.0. The minimum absolute atomic E-state index is 0.415. The quantitative estimate of drug-likeness (QED) is 0.872. The average molecular weight is 251 g/mol. The lowest BCUT2D eigenvalue weighted by atomic mass is 10.0. The Hall–Kier alpha value is -0.870. The number of nitrogens with one attached hydrogen (secondary N) is 1. The van der Waals surface area contributed by atoms with Crippen LogP contribution in [0.2, 0.25) is 0 Å². The van der Waals surface area contributed by atoms with E-state index in [1.165, 1.54) is 11.3 Å². The number of ether oxygens (including phenoxy) is 1. The highest BCUT2D eigenvalue weighted by molar-refractivity contribution is 5.28. The summed E-state index contributed by atoms with van der Waals surface area (Å²) in [7, 11) is 2.02. The number of rotatable bonds is 5. The first kappa shape index (κ1) is 13.6. The summed E-state index contributed by atoms with van der Waals surface area (Å²) in [6.07, 6.45) is 2.26. The van der Waals surface area contributed by atoms with Crippen molar-refractivity contribution in [3.63, 3.8) is 0 Å². The van der Waals surface area contributed by atoms with Crippen LogP contribution in [-0.2, 0) is 11.3 Å². The van der Waals surface area contributed by atoms with Gasteiger partial charge in [-0.3, -0.25) is 4.68 Å². The second-order valence-corrected chi connectivity index (χ2v) is 5.25. The molecule has 2 rings (SSSR count).